The van der Waals surface area contributed by atoms with Crippen LogP contribution in [0.15, 0.2) is 48.5 Å². The molecule has 0 saturated heterocycles. The van der Waals surface area contributed by atoms with E-state index in [1.165, 1.54) is 0 Å². The summed E-state index contributed by atoms with van der Waals surface area (Å²) in [7, 11) is 0. The van der Waals surface area contributed by atoms with Gasteiger partial charge in [0.15, 0.2) is 0 Å². The molecule has 2 aromatic rings. The van der Waals surface area contributed by atoms with Crippen molar-refractivity contribution in [3.63, 3.8) is 0 Å². The molecule has 7 heteroatoms. The molecule has 166 valence electrons. The Kier molecular flexibility index (Phi) is 4.73. The molecule has 0 radical (unpaired) electrons. The third-order valence-electron chi connectivity index (χ3n) is 7.08. The van der Waals surface area contributed by atoms with Gasteiger partial charge in [0, 0.05) is 5.92 Å². The highest BCUT2D eigenvalue weighted by molar-refractivity contribution is 5.95. The van der Waals surface area contributed by atoms with Crippen molar-refractivity contribution in [2.24, 2.45) is 5.92 Å². The van der Waals surface area contributed by atoms with Crippen LogP contribution in [-0.4, -0.2) is 40.8 Å². The molecule has 0 heterocycles. The van der Waals surface area contributed by atoms with Crippen LogP contribution < -0.4 is 10.6 Å². The zero-order valence-electron chi connectivity index (χ0n) is 17.9. The Hall–Kier alpha value is -3.35. The maximum Gasteiger partial charge on any atom is 0.408 e. The van der Waals surface area contributed by atoms with E-state index < -0.39 is 29.0 Å². The molecule has 2 fully saturated rings. The number of alkyl carbamates (subject to hydrolysis) is 1. The van der Waals surface area contributed by atoms with Crippen LogP contribution in [0.3, 0.4) is 0 Å². The molecule has 7 nitrogen and oxygen atoms in total. The number of nitrogens with one attached hydrogen (secondary N) is 2. The van der Waals surface area contributed by atoms with E-state index in [0.717, 1.165) is 35.1 Å². The number of hydrogen-bond donors (Lipinski definition) is 3. The summed E-state index contributed by atoms with van der Waals surface area (Å²) >= 11 is 0. The molecule has 3 N–H and O–H groups in total. The fourth-order valence-corrected chi connectivity index (χ4v) is 4.72. The molecule has 0 spiro atoms. The Balaban J connectivity index is 1.28. The summed E-state index contributed by atoms with van der Waals surface area (Å²) < 4.78 is 5.61. The number of carbonyl (C=O) groups excluding carboxylic acids is 2. The van der Waals surface area contributed by atoms with Crippen molar-refractivity contribution in [3.8, 4) is 11.1 Å². The summed E-state index contributed by atoms with van der Waals surface area (Å²) in [6, 6.07) is 16.2. The minimum absolute atomic E-state index is 0.0347. The first-order valence-corrected chi connectivity index (χ1v) is 11.0. The van der Waals surface area contributed by atoms with E-state index in [9.17, 15) is 19.5 Å². The lowest BCUT2D eigenvalue weighted by Gasteiger charge is -2.31. The molecule has 2 aromatic carbocycles. The smallest absolute Gasteiger partial charge is 0.408 e. The van der Waals surface area contributed by atoms with Crippen LogP contribution >= 0.6 is 0 Å². The van der Waals surface area contributed by atoms with Gasteiger partial charge in [-0.2, -0.15) is 0 Å². The Bertz CT molecular complexity index is 1060. The van der Waals surface area contributed by atoms with Crippen LogP contribution in [0.5, 0.6) is 0 Å². The van der Waals surface area contributed by atoms with Crippen molar-refractivity contribution in [2.75, 3.05) is 6.61 Å². The number of fused-ring (bicyclic) bond motifs is 3. The van der Waals surface area contributed by atoms with Gasteiger partial charge in [0.2, 0.25) is 5.91 Å². The monoisotopic (exact) mass is 434 g/mol. The molecule has 0 aromatic heterocycles. The molecule has 32 heavy (non-hydrogen) atoms. The van der Waals surface area contributed by atoms with Crippen molar-refractivity contribution in [1.82, 2.24) is 10.6 Å². The SMILES string of the molecule is CC(NC(=O)OCC1c2ccccc2-c2ccccc21)(C(=O)NC1(C(=O)O)CC1)C1CC1. The molecular weight excluding hydrogens is 408 g/mol. The standard InChI is InChI=1S/C25H26N2O5/c1-24(15-10-11-15,21(28)26-25(12-13-25)22(29)30)27-23(31)32-14-20-18-8-4-2-6-16(18)17-7-3-5-9-19(17)20/h2-9,15,20H,10-14H2,1H3,(H,26,28)(H,27,31)(H,29,30). The molecule has 3 aliphatic carbocycles. The van der Waals surface area contributed by atoms with Gasteiger partial charge in [0.05, 0.1) is 0 Å². The lowest BCUT2D eigenvalue weighted by atomic mass is 9.94. The van der Waals surface area contributed by atoms with Gasteiger partial charge < -0.3 is 20.5 Å². The lowest BCUT2D eigenvalue weighted by Crippen LogP contribution is -2.61. The average Bonchev–Trinajstić information content (AvgIpc) is 3.70. The Morgan fingerprint density at radius 2 is 1.59 bits per heavy atom. The molecule has 0 bridgehead atoms. The minimum atomic E-state index is -1.20. The topological polar surface area (TPSA) is 105 Å². The zero-order valence-corrected chi connectivity index (χ0v) is 17.9. The quantitative estimate of drug-likeness (QED) is 0.619. The number of ether oxygens (including phenoxy) is 1. The molecule has 0 aliphatic heterocycles. The number of aliphatic carboxylic acids is 1. The maximum atomic E-state index is 13.0. The molecule has 2 saturated carbocycles. The summed E-state index contributed by atoms with van der Waals surface area (Å²) in [5.41, 5.74) is 2.11. The highest BCUT2D eigenvalue weighted by Gasteiger charge is 2.56. The zero-order chi connectivity index (χ0) is 22.5. The van der Waals surface area contributed by atoms with Crippen LogP contribution in [0.25, 0.3) is 11.1 Å². The molecule has 5 rings (SSSR count). The van der Waals surface area contributed by atoms with E-state index in [1.807, 2.05) is 36.4 Å². The number of amides is 2. The van der Waals surface area contributed by atoms with Gasteiger partial charge in [-0.3, -0.25) is 4.79 Å². The number of carbonyl (C=O) groups is 3. The highest BCUT2D eigenvalue weighted by atomic mass is 16.5. The second-order valence-corrected chi connectivity index (χ2v) is 9.27. The molecule has 1 unspecified atom stereocenters. The third-order valence-corrected chi connectivity index (χ3v) is 7.08. The van der Waals surface area contributed by atoms with E-state index in [2.05, 4.69) is 22.8 Å². The second-order valence-electron chi connectivity index (χ2n) is 9.27. The van der Waals surface area contributed by atoms with E-state index in [-0.39, 0.29) is 18.4 Å². The fraction of sp³-hybridized carbons (Fsp3) is 0.400. The van der Waals surface area contributed by atoms with Crippen molar-refractivity contribution < 1.29 is 24.2 Å². The van der Waals surface area contributed by atoms with Crippen molar-refractivity contribution >= 4 is 18.0 Å². The number of carboxylic acid groups (broad SMARTS) is 1. The molecular formula is C25H26N2O5. The van der Waals surface area contributed by atoms with Crippen LogP contribution in [0.4, 0.5) is 4.79 Å². The number of rotatable bonds is 7. The number of carboxylic acids is 1. The van der Waals surface area contributed by atoms with Gasteiger partial charge in [-0.1, -0.05) is 48.5 Å². The minimum Gasteiger partial charge on any atom is -0.480 e. The van der Waals surface area contributed by atoms with Gasteiger partial charge >= 0.3 is 12.1 Å². The molecule has 2 amide bonds. The average molecular weight is 434 g/mol. The Labute approximate surface area is 186 Å². The van der Waals surface area contributed by atoms with Gasteiger partial charge in [-0.05, 0) is 60.8 Å². The largest absolute Gasteiger partial charge is 0.480 e. The van der Waals surface area contributed by atoms with E-state index in [0.29, 0.717) is 12.8 Å². The van der Waals surface area contributed by atoms with E-state index in [1.54, 1.807) is 6.92 Å². The summed E-state index contributed by atoms with van der Waals surface area (Å²) in [6.45, 7) is 1.81. The first-order chi connectivity index (χ1) is 15.3. The first-order valence-electron chi connectivity index (χ1n) is 11.0. The second kappa shape index (κ2) is 7.36. The summed E-state index contributed by atoms with van der Waals surface area (Å²) in [6.07, 6.45) is 1.73. The number of hydrogen-bond acceptors (Lipinski definition) is 4. The predicted molar refractivity (Wildman–Crippen MR) is 117 cm³/mol. The van der Waals surface area contributed by atoms with Crippen LogP contribution in [0.1, 0.15) is 49.7 Å². The molecule has 1 atom stereocenters. The van der Waals surface area contributed by atoms with E-state index >= 15 is 0 Å². The van der Waals surface area contributed by atoms with E-state index in [4.69, 9.17) is 4.74 Å². The van der Waals surface area contributed by atoms with Gasteiger partial charge in [-0.25, -0.2) is 9.59 Å². The highest BCUT2D eigenvalue weighted by Crippen LogP contribution is 2.45. The normalized spacial score (nSPS) is 19.8. The Morgan fingerprint density at radius 3 is 2.09 bits per heavy atom. The Morgan fingerprint density at radius 1 is 1.03 bits per heavy atom. The molecule has 3 aliphatic rings. The van der Waals surface area contributed by atoms with Crippen molar-refractivity contribution in [2.45, 2.75) is 49.6 Å². The summed E-state index contributed by atoms with van der Waals surface area (Å²) in [5, 5.41) is 14.8. The van der Waals surface area contributed by atoms with Crippen LogP contribution in [0, 0.1) is 5.92 Å². The summed E-state index contributed by atoms with van der Waals surface area (Å²) in [5.74, 6) is -1.61. The third kappa shape index (κ3) is 3.42. The fourth-order valence-electron chi connectivity index (χ4n) is 4.72. The van der Waals surface area contributed by atoms with Crippen LogP contribution in [-0.2, 0) is 14.3 Å². The first kappa shape index (κ1) is 20.5. The van der Waals surface area contributed by atoms with Gasteiger partial charge in [0.25, 0.3) is 0 Å². The van der Waals surface area contributed by atoms with Gasteiger partial charge in [-0.15, -0.1) is 0 Å². The maximum absolute atomic E-state index is 13.0. The lowest BCUT2D eigenvalue weighted by molar-refractivity contribution is -0.144. The predicted octanol–water partition coefficient (Wildman–Crippen LogP) is 3.43. The van der Waals surface area contributed by atoms with Gasteiger partial charge in [0.1, 0.15) is 17.7 Å². The van der Waals surface area contributed by atoms with Crippen molar-refractivity contribution in [3.05, 3.63) is 59.7 Å². The van der Waals surface area contributed by atoms with Crippen molar-refractivity contribution in [1.29, 1.82) is 0 Å². The van der Waals surface area contributed by atoms with Crippen LogP contribution in [0.2, 0.25) is 0 Å². The number of benzene rings is 2. The summed E-state index contributed by atoms with van der Waals surface area (Å²) in [4.78, 5) is 37.2.